The van der Waals surface area contributed by atoms with E-state index in [4.69, 9.17) is 16.3 Å². The average molecular weight is 451 g/mol. The highest BCUT2D eigenvalue weighted by molar-refractivity contribution is 7.21. The van der Waals surface area contributed by atoms with Crippen molar-refractivity contribution in [1.82, 2.24) is 10.9 Å². The third-order valence-corrected chi connectivity index (χ3v) is 6.33. The van der Waals surface area contributed by atoms with Crippen LogP contribution in [0.15, 0.2) is 78.9 Å². The third-order valence-electron chi connectivity index (χ3n) is 4.65. The Kier molecular flexibility index (Phi) is 6.50. The van der Waals surface area contributed by atoms with Crippen molar-refractivity contribution >= 4 is 44.8 Å². The number of fused-ring (bicyclic) bond motifs is 1. The van der Waals surface area contributed by atoms with Crippen LogP contribution in [0, 0.1) is 0 Å². The van der Waals surface area contributed by atoms with Crippen molar-refractivity contribution in [3.05, 3.63) is 99.9 Å². The zero-order chi connectivity index (χ0) is 21.6. The highest BCUT2D eigenvalue weighted by Crippen LogP contribution is 2.34. The molecule has 31 heavy (non-hydrogen) atoms. The molecule has 0 saturated carbocycles. The smallest absolute Gasteiger partial charge is 0.281 e. The molecule has 0 aliphatic heterocycles. The van der Waals surface area contributed by atoms with Crippen LogP contribution in [0.3, 0.4) is 0 Å². The Labute approximate surface area is 188 Å². The number of rotatable bonds is 6. The van der Waals surface area contributed by atoms with E-state index in [-0.39, 0.29) is 0 Å². The SMILES string of the molecule is O=C(NNC(=O)c1sc2ccccc2c1Cl)c1ccccc1OCCc1ccccc1. The lowest BCUT2D eigenvalue weighted by Gasteiger charge is -2.12. The first-order valence-corrected chi connectivity index (χ1v) is 10.9. The van der Waals surface area contributed by atoms with Gasteiger partial charge in [-0.15, -0.1) is 11.3 Å². The monoisotopic (exact) mass is 450 g/mol. The molecule has 0 spiro atoms. The third kappa shape index (κ3) is 4.87. The molecule has 5 nitrogen and oxygen atoms in total. The minimum Gasteiger partial charge on any atom is -0.492 e. The summed E-state index contributed by atoms with van der Waals surface area (Å²) in [5.74, 6) is -0.493. The lowest BCUT2D eigenvalue weighted by molar-refractivity contribution is 0.0846. The number of nitrogens with one attached hydrogen (secondary N) is 2. The minimum absolute atomic E-state index is 0.332. The molecule has 0 atom stereocenters. The second-order valence-corrected chi connectivity index (χ2v) is 8.16. The number of carbonyl (C=O) groups is 2. The first-order chi connectivity index (χ1) is 15.1. The molecule has 0 aliphatic rings. The fraction of sp³-hybridized carbons (Fsp3) is 0.0833. The fourth-order valence-electron chi connectivity index (χ4n) is 3.10. The standard InChI is InChI=1S/C24H19ClN2O3S/c25-21-18-11-5-7-13-20(18)31-22(21)24(29)27-26-23(28)17-10-4-6-12-19(17)30-15-14-16-8-2-1-3-9-16/h1-13H,14-15H2,(H,26,28)(H,27,29). The molecule has 0 bridgehead atoms. The molecule has 0 fully saturated rings. The second kappa shape index (κ2) is 9.64. The van der Waals surface area contributed by atoms with Gasteiger partial charge in [-0.3, -0.25) is 20.4 Å². The summed E-state index contributed by atoms with van der Waals surface area (Å²) in [5, 5.41) is 1.18. The normalized spacial score (nSPS) is 10.6. The number of hydrogen-bond donors (Lipinski definition) is 2. The molecule has 1 heterocycles. The Hall–Kier alpha value is -3.35. The molecule has 7 heteroatoms. The Morgan fingerprint density at radius 1 is 0.839 bits per heavy atom. The second-order valence-electron chi connectivity index (χ2n) is 6.73. The van der Waals surface area contributed by atoms with Crippen LogP contribution in [-0.2, 0) is 6.42 Å². The summed E-state index contributed by atoms with van der Waals surface area (Å²) in [4.78, 5) is 25.6. The fourth-order valence-corrected chi connectivity index (χ4v) is 4.51. The number of ether oxygens (including phenoxy) is 1. The van der Waals surface area contributed by atoms with Crippen molar-refractivity contribution < 1.29 is 14.3 Å². The first kappa shape index (κ1) is 20.9. The number of benzene rings is 3. The molecule has 0 aliphatic carbocycles. The van der Waals surface area contributed by atoms with E-state index >= 15 is 0 Å². The van der Waals surface area contributed by atoms with Gasteiger partial charge in [-0.2, -0.15) is 0 Å². The van der Waals surface area contributed by atoms with Gasteiger partial charge in [-0.1, -0.05) is 72.3 Å². The zero-order valence-electron chi connectivity index (χ0n) is 16.4. The van der Waals surface area contributed by atoms with E-state index < -0.39 is 11.8 Å². The quantitative estimate of drug-likeness (QED) is 0.394. The molecule has 156 valence electrons. The van der Waals surface area contributed by atoms with Crippen LogP contribution in [0.2, 0.25) is 5.02 Å². The number of hydrazine groups is 1. The molecule has 2 N–H and O–H groups in total. The highest BCUT2D eigenvalue weighted by Gasteiger charge is 2.18. The van der Waals surface area contributed by atoms with Gasteiger partial charge in [0.1, 0.15) is 10.6 Å². The Morgan fingerprint density at radius 2 is 1.52 bits per heavy atom. The van der Waals surface area contributed by atoms with E-state index in [2.05, 4.69) is 10.9 Å². The van der Waals surface area contributed by atoms with Gasteiger partial charge in [0.15, 0.2) is 0 Å². The van der Waals surface area contributed by atoms with Gasteiger partial charge in [-0.25, -0.2) is 0 Å². The number of halogens is 1. The number of amides is 2. The summed E-state index contributed by atoms with van der Waals surface area (Å²) in [7, 11) is 0. The van der Waals surface area contributed by atoms with E-state index in [1.165, 1.54) is 11.3 Å². The predicted molar refractivity (Wildman–Crippen MR) is 124 cm³/mol. The maximum absolute atomic E-state index is 12.7. The van der Waals surface area contributed by atoms with Crippen molar-refractivity contribution in [1.29, 1.82) is 0 Å². The lowest BCUT2D eigenvalue weighted by atomic mass is 10.1. The summed E-state index contributed by atoms with van der Waals surface area (Å²) in [5.41, 5.74) is 6.37. The van der Waals surface area contributed by atoms with Gasteiger partial charge in [0.25, 0.3) is 11.8 Å². The van der Waals surface area contributed by atoms with Crippen molar-refractivity contribution in [3.63, 3.8) is 0 Å². The van der Waals surface area contributed by atoms with Crippen LogP contribution in [0.25, 0.3) is 10.1 Å². The van der Waals surface area contributed by atoms with Crippen LogP contribution in [-0.4, -0.2) is 18.4 Å². The average Bonchev–Trinajstić information content (AvgIpc) is 3.15. The summed E-state index contributed by atoms with van der Waals surface area (Å²) in [6.07, 6.45) is 0.720. The molecular weight excluding hydrogens is 432 g/mol. The van der Waals surface area contributed by atoms with Crippen LogP contribution < -0.4 is 15.6 Å². The number of para-hydroxylation sites is 1. The van der Waals surface area contributed by atoms with Crippen molar-refractivity contribution in [2.75, 3.05) is 6.61 Å². The lowest BCUT2D eigenvalue weighted by Crippen LogP contribution is -2.41. The summed E-state index contributed by atoms with van der Waals surface area (Å²) in [6, 6.07) is 24.4. The predicted octanol–water partition coefficient (Wildman–Crippen LogP) is 5.25. The van der Waals surface area contributed by atoms with Gasteiger partial charge in [0.2, 0.25) is 0 Å². The zero-order valence-corrected chi connectivity index (χ0v) is 18.0. The van der Waals surface area contributed by atoms with E-state index in [1.807, 2.05) is 54.6 Å². The summed E-state index contributed by atoms with van der Waals surface area (Å²) in [6.45, 7) is 0.429. The molecule has 2 amide bonds. The molecule has 4 aromatic rings. The minimum atomic E-state index is -0.471. The maximum atomic E-state index is 12.7. The van der Waals surface area contributed by atoms with E-state index in [0.29, 0.717) is 27.8 Å². The molecule has 3 aromatic carbocycles. The topological polar surface area (TPSA) is 67.4 Å². The van der Waals surface area contributed by atoms with Gasteiger partial charge in [-0.05, 0) is 23.8 Å². The van der Waals surface area contributed by atoms with Crippen LogP contribution >= 0.6 is 22.9 Å². The number of thiophene rings is 1. The maximum Gasteiger partial charge on any atom is 0.281 e. The van der Waals surface area contributed by atoms with Gasteiger partial charge >= 0.3 is 0 Å². The van der Waals surface area contributed by atoms with Gasteiger partial charge in [0.05, 0.1) is 17.2 Å². The van der Waals surface area contributed by atoms with Crippen molar-refractivity contribution in [3.8, 4) is 5.75 Å². The molecule has 0 radical (unpaired) electrons. The Morgan fingerprint density at radius 3 is 2.32 bits per heavy atom. The molecular formula is C24H19ClN2O3S. The summed E-state index contributed by atoms with van der Waals surface area (Å²) >= 11 is 7.61. The van der Waals surface area contributed by atoms with Gasteiger partial charge in [0, 0.05) is 16.5 Å². The van der Waals surface area contributed by atoms with Crippen LogP contribution in [0.4, 0.5) is 0 Å². The molecule has 0 saturated heterocycles. The summed E-state index contributed by atoms with van der Waals surface area (Å²) < 4.78 is 6.72. The highest BCUT2D eigenvalue weighted by atomic mass is 35.5. The van der Waals surface area contributed by atoms with E-state index in [1.54, 1.807) is 24.3 Å². The largest absolute Gasteiger partial charge is 0.492 e. The molecule has 4 rings (SSSR count). The molecule has 1 aromatic heterocycles. The molecule has 0 unspecified atom stereocenters. The number of carbonyl (C=O) groups excluding carboxylic acids is 2. The van der Waals surface area contributed by atoms with E-state index in [9.17, 15) is 9.59 Å². The number of hydrogen-bond acceptors (Lipinski definition) is 4. The first-order valence-electron chi connectivity index (χ1n) is 9.67. The Balaban J connectivity index is 1.39. The van der Waals surface area contributed by atoms with E-state index in [0.717, 1.165) is 22.1 Å². The van der Waals surface area contributed by atoms with Crippen LogP contribution in [0.1, 0.15) is 25.6 Å². The van der Waals surface area contributed by atoms with Crippen LogP contribution in [0.5, 0.6) is 5.75 Å². The van der Waals surface area contributed by atoms with Gasteiger partial charge < -0.3 is 4.74 Å². The Bertz CT molecular complexity index is 1220. The van der Waals surface area contributed by atoms with Crippen molar-refractivity contribution in [2.45, 2.75) is 6.42 Å². The van der Waals surface area contributed by atoms with Crippen molar-refractivity contribution in [2.24, 2.45) is 0 Å².